The molecule has 26 heavy (non-hydrogen) atoms. The van der Waals surface area contributed by atoms with Gasteiger partial charge >= 0.3 is 5.97 Å². The fourth-order valence-electron chi connectivity index (χ4n) is 2.56. The van der Waals surface area contributed by atoms with E-state index in [1.807, 2.05) is 13.8 Å². The molecule has 1 aromatic carbocycles. The molecule has 0 spiro atoms. The summed E-state index contributed by atoms with van der Waals surface area (Å²) in [6.45, 7) is 4.43. The van der Waals surface area contributed by atoms with Crippen LogP contribution in [-0.2, 0) is 17.9 Å². The van der Waals surface area contributed by atoms with Crippen molar-refractivity contribution in [1.82, 2.24) is 14.8 Å². The number of pyridine rings is 1. The molecule has 3 rings (SSSR count). The molecular formula is C19H18ClN3O3. The lowest BCUT2D eigenvalue weighted by atomic mass is 10.1. The van der Waals surface area contributed by atoms with Gasteiger partial charge in [0.1, 0.15) is 11.8 Å². The topological polar surface area (TPSA) is 74.1 Å². The third kappa shape index (κ3) is 3.91. The fourth-order valence-corrected chi connectivity index (χ4v) is 2.68. The SMILES string of the molecule is CC(C)Cn1nc(C(=O)OCc2ccc(Cl)nc2)c2ccccc2c1=O. The first-order valence-corrected chi connectivity index (χ1v) is 8.61. The maximum atomic E-state index is 12.6. The van der Waals surface area contributed by atoms with Crippen molar-refractivity contribution in [3.8, 4) is 0 Å². The van der Waals surface area contributed by atoms with Crippen LogP contribution >= 0.6 is 11.6 Å². The summed E-state index contributed by atoms with van der Waals surface area (Å²) < 4.78 is 6.69. The van der Waals surface area contributed by atoms with Crippen LogP contribution < -0.4 is 5.56 Å². The van der Waals surface area contributed by atoms with Crippen molar-refractivity contribution in [2.45, 2.75) is 27.0 Å². The molecule has 0 saturated carbocycles. The number of halogens is 1. The van der Waals surface area contributed by atoms with Crippen molar-refractivity contribution >= 4 is 28.3 Å². The Balaban J connectivity index is 1.94. The Labute approximate surface area is 155 Å². The second-order valence-corrected chi connectivity index (χ2v) is 6.73. The highest BCUT2D eigenvalue weighted by Gasteiger charge is 2.18. The van der Waals surface area contributed by atoms with Crippen molar-refractivity contribution in [2.75, 3.05) is 0 Å². The van der Waals surface area contributed by atoms with Gasteiger partial charge in [0.2, 0.25) is 0 Å². The number of rotatable bonds is 5. The summed E-state index contributed by atoms with van der Waals surface area (Å²) in [6.07, 6.45) is 1.54. The minimum Gasteiger partial charge on any atom is -0.456 e. The van der Waals surface area contributed by atoms with Crippen LogP contribution in [0.5, 0.6) is 0 Å². The van der Waals surface area contributed by atoms with E-state index < -0.39 is 5.97 Å². The van der Waals surface area contributed by atoms with E-state index in [0.29, 0.717) is 28.0 Å². The first kappa shape index (κ1) is 18.1. The monoisotopic (exact) mass is 371 g/mol. The molecule has 0 saturated heterocycles. The molecule has 134 valence electrons. The zero-order valence-corrected chi connectivity index (χ0v) is 15.2. The Morgan fingerprint density at radius 1 is 1.19 bits per heavy atom. The molecule has 2 aromatic heterocycles. The van der Waals surface area contributed by atoms with Crippen molar-refractivity contribution in [3.63, 3.8) is 0 Å². The molecule has 0 fully saturated rings. The van der Waals surface area contributed by atoms with Crippen LogP contribution in [0.3, 0.4) is 0 Å². The molecule has 0 unspecified atom stereocenters. The quantitative estimate of drug-likeness (QED) is 0.507. The van der Waals surface area contributed by atoms with E-state index in [1.54, 1.807) is 42.6 Å². The Morgan fingerprint density at radius 2 is 1.92 bits per heavy atom. The number of nitrogens with zero attached hydrogens (tertiary/aromatic N) is 3. The maximum absolute atomic E-state index is 12.6. The number of hydrogen-bond donors (Lipinski definition) is 0. The summed E-state index contributed by atoms with van der Waals surface area (Å²) in [5.74, 6) is -0.376. The maximum Gasteiger partial charge on any atom is 0.359 e. The largest absolute Gasteiger partial charge is 0.456 e. The molecule has 0 aliphatic rings. The van der Waals surface area contributed by atoms with Gasteiger partial charge in [0.15, 0.2) is 5.69 Å². The molecule has 0 N–H and O–H groups in total. The Kier molecular flexibility index (Phi) is 5.32. The van der Waals surface area contributed by atoms with Gasteiger partial charge in [-0.3, -0.25) is 4.79 Å². The summed E-state index contributed by atoms with van der Waals surface area (Å²) in [5.41, 5.74) is 0.623. The van der Waals surface area contributed by atoms with Crippen LogP contribution in [0.4, 0.5) is 0 Å². The van der Waals surface area contributed by atoms with Gasteiger partial charge in [-0.05, 0) is 18.1 Å². The number of aromatic nitrogens is 3. The third-order valence-electron chi connectivity index (χ3n) is 3.76. The molecule has 0 bridgehead atoms. The normalized spacial score (nSPS) is 11.1. The second kappa shape index (κ2) is 7.66. The summed E-state index contributed by atoms with van der Waals surface area (Å²) in [5, 5.41) is 5.56. The fraction of sp³-hybridized carbons (Fsp3) is 0.263. The number of esters is 1. The number of carbonyl (C=O) groups excluding carboxylic acids is 1. The predicted molar refractivity (Wildman–Crippen MR) is 99.2 cm³/mol. The van der Waals surface area contributed by atoms with E-state index in [0.717, 1.165) is 0 Å². The van der Waals surface area contributed by atoms with Crippen LogP contribution in [0.2, 0.25) is 5.15 Å². The molecule has 0 radical (unpaired) electrons. The first-order valence-electron chi connectivity index (χ1n) is 8.23. The van der Waals surface area contributed by atoms with Crippen molar-refractivity contribution < 1.29 is 9.53 Å². The van der Waals surface area contributed by atoms with Crippen LogP contribution in [0.15, 0.2) is 47.4 Å². The smallest absolute Gasteiger partial charge is 0.359 e. The van der Waals surface area contributed by atoms with E-state index in [2.05, 4.69) is 10.1 Å². The molecule has 2 heterocycles. The van der Waals surface area contributed by atoms with Gasteiger partial charge < -0.3 is 4.74 Å². The number of fused-ring (bicyclic) bond motifs is 1. The number of benzene rings is 1. The van der Waals surface area contributed by atoms with Gasteiger partial charge in [0, 0.05) is 23.7 Å². The predicted octanol–water partition coefficient (Wildman–Crippen LogP) is 3.46. The van der Waals surface area contributed by atoms with Crippen molar-refractivity contribution in [1.29, 1.82) is 0 Å². The molecular weight excluding hydrogens is 354 g/mol. The van der Waals surface area contributed by atoms with Gasteiger partial charge in [-0.1, -0.05) is 49.7 Å². The highest BCUT2D eigenvalue weighted by atomic mass is 35.5. The number of ether oxygens (including phenoxy) is 1. The third-order valence-corrected chi connectivity index (χ3v) is 3.98. The number of hydrogen-bond acceptors (Lipinski definition) is 5. The van der Waals surface area contributed by atoms with Gasteiger partial charge in [-0.25, -0.2) is 14.5 Å². The van der Waals surface area contributed by atoms with Crippen molar-refractivity contribution in [3.05, 3.63) is 69.4 Å². The van der Waals surface area contributed by atoms with E-state index in [4.69, 9.17) is 16.3 Å². The second-order valence-electron chi connectivity index (χ2n) is 6.34. The van der Waals surface area contributed by atoms with Gasteiger partial charge in [0.05, 0.1) is 5.39 Å². The van der Waals surface area contributed by atoms with E-state index in [9.17, 15) is 9.59 Å². The average molecular weight is 372 g/mol. The van der Waals surface area contributed by atoms with Crippen LogP contribution in [-0.4, -0.2) is 20.7 Å². The summed E-state index contributed by atoms with van der Waals surface area (Å²) in [6, 6.07) is 10.3. The lowest BCUT2D eigenvalue weighted by molar-refractivity contribution is 0.0464. The Hall–Kier alpha value is -2.73. The van der Waals surface area contributed by atoms with Gasteiger partial charge in [-0.15, -0.1) is 0 Å². The van der Waals surface area contributed by atoms with E-state index >= 15 is 0 Å². The highest BCUT2D eigenvalue weighted by molar-refractivity contribution is 6.29. The Morgan fingerprint density at radius 3 is 2.58 bits per heavy atom. The highest BCUT2D eigenvalue weighted by Crippen LogP contribution is 2.16. The van der Waals surface area contributed by atoms with Crippen LogP contribution in [0.1, 0.15) is 29.9 Å². The van der Waals surface area contributed by atoms with Gasteiger partial charge in [-0.2, -0.15) is 5.10 Å². The minimum atomic E-state index is -0.589. The zero-order chi connectivity index (χ0) is 18.7. The summed E-state index contributed by atoms with van der Waals surface area (Å²) in [7, 11) is 0. The molecule has 0 amide bonds. The standard InChI is InChI=1S/C19H18ClN3O3/c1-12(2)10-23-18(24)15-6-4-3-5-14(15)17(22-23)19(25)26-11-13-7-8-16(20)21-9-13/h3-9,12H,10-11H2,1-2H3. The summed E-state index contributed by atoms with van der Waals surface area (Å²) in [4.78, 5) is 29.1. The minimum absolute atomic E-state index is 0.0440. The first-order chi connectivity index (χ1) is 12.5. The lowest BCUT2D eigenvalue weighted by Gasteiger charge is -2.12. The molecule has 0 atom stereocenters. The molecule has 0 aliphatic heterocycles. The van der Waals surface area contributed by atoms with E-state index in [1.165, 1.54) is 4.68 Å². The van der Waals surface area contributed by atoms with E-state index in [-0.39, 0.29) is 23.8 Å². The van der Waals surface area contributed by atoms with Crippen LogP contribution in [0, 0.1) is 5.92 Å². The van der Waals surface area contributed by atoms with Gasteiger partial charge in [0.25, 0.3) is 5.56 Å². The molecule has 3 aromatic rings. The molecule has 0 aliphatic carbocycles. The van der Waals surface area contributed by atoms with Crippen molar-refractivity contribution in [2.24, 2.45) is 5.92 Å². The molecule has 7 heteroatoms. The average Bonchev–Trinajstić information content (AvgIpc) is 2.63. The summed E-state index contributed by atoms with van der Waals surface area (Å²) >= 11 is 5.75. The Bertz CT molecular complexity index is 997. The zero-order valence-electron chi connectivity index (χ0n) is 14.5. The van der Waals surface area contributed by atoms with Crippen LogP contribution in [0.25, 0.3) is 10.8 Å². The number of carbonyl (C=O) groups is 1. The molecule has 6 nitrogen and oxygen atoms in total. The lowest BCUT2D eigenvalue weighted by Crippen LogP contribution is -2.28.